The highest BCUT2D eigenvalue weighted by atomic mass is 16.5. The second kappa shape index (κ2) is 6.31. The maximum atomic E-state index is 9.76. The smallest absolute Gasteiger partial charge is 0.131 e. The Kier molecular flexibility index (Phi) is 5.80. The average molecular weight is 140 g/mol. The molecule has 0 amide bonds. The summed E-state index contributed by atoms with van der Waals surface area (Å²) < 4.78 is 5.10. The van der Waals surface area contributed by atoms with Crippen LogP contribution in [-0.2, 0) is 9.53 Å². The molecule has 0 bridgehead atoms. The number of carbonyl (C=O) groups excluding carboxylic acids is 1. The third-order valence-corrected chi connectivity index (χ3v) is 0.799. The Morgan fingerprint density at radius 2 is 2.20 bits per heavy atom. The minimum atomic E-state index is 0.213. The predicted octanol–water partition coefficient (Wildman–Crippen LogP) is 1.00. The van der Waals surface area contributed by atoms with Gasteiger partial charge >= 0.3 is 0 Å². The lowest BCUT2D eigenvalue weighted by molar-refractivity contribution is -0.107. The van der Waals surface area contributed by atoms with Gasteiger partial charge in [0.2, 0.25) is 0 Å². The Morgan fingerprint density at radius 1 is 1.50 bits per heavy atom. The molecule has 0 aromatic carbocycles. The van der Waals surface area contributed by atoms with Gasteiger partial charge in [-0.1, -0.05) is 11.8 Å². The van der Waals surface area contributed by atoms with Crippen LogP contribution in [0.1, 0.15) is 20.3 Å². The maximum absolute atomic E-state index is 9.76. The first-order valence-corrected chi connectivity index (χ1v) is 3.28. The molecule has 0 atom stereocenters. The highest BCUT2D eigenvalue weighted by Gasteiger charge is 1.86. The summed E-state index contributed by atoms with van der Waals surface area (Å²) in [6, 6.07) is 0. The molecule has 0 radical (unpaired) electrons. The van der Waals surface area contributed by atoms with Gasteiger partial charge < -0.3 is 9.53 Å². The zero-order valence-electron chi connectivity index (χ0n) is 6.39. The summed E-state index contributed by atoms with van der Waals surface area (Å²) in [5.74, 6) is 5.36. The summed E-state index contributed by atoms with van der Waals surface area (Å²) in [5, 5.41) is 0. The summed E-state index contributed by atoms with van der Waals surface area (Å²) in [6.07, 6.45) is 1.30. The summed E-state index contributed by atoms with van der Waals surface area (Å²) in [5.41, 5.74) is 0. The van der Waals surface area contributed by atoms with Crippen molar-refractivity contribution < 1.29 is 9.53 Å². The Morgan fingerprint density at radius 3 is 2.70 bits per heavy atom. The van der Waals surface area contributed by atoms with E-state index < -0.39 is 0 Å². The SMILES string of the molecule is CC(C)OCC#CCC=O. The van der Waals surface area contributed by atoms with Crippen molar-refractivity contribution in [3.05, 3.63) is 0 Å². The van der Waals surface area contributed by atoms with Crippen LogP contribution in [0.3, 0.4) is 0 Å². The number of carbonyl (C=O) groups is 1. The van der Waals surface area contributed by atoms with Crippen LogP contribution in [0.15, 0.2) is 0 Å². The fourth-order valence-corrected chi connectivity index (χ4v) is 0.373. The molecule has 0 N–H and O–H groups in total. The van der Waals surface area contributed by atoms with Crippen LogP contribution in [0.25, 0.3) is 0 Å². The molecule has 0 fully saturated rings. The lowest BCUT2D eigenvalue weighted by Crippen LogP contribution is -2.01. The highest BCUT2D eigenvalue weighted by molar-refractivity contribution is 5.53. The molecule has 0 aromatic heterocycles. The predicted molar refractivity (Wildman–Crippen MR) is 39.5 cm³/mol. The van der Waals surface area contributed by atoms with Crippen molar-refractivity contribution >= 4 is 6.29 Å². The van der Waals surface area contributed by atoms with Gasteiger partial charge in [0.1, 0.15) is 12.9 Å². The summed E-state index contributed by atoms with van der Waals surface area (Å²) in [6.45, 7) is 4.31. The Balaban J connectivity index is 3.19. The van der Waals surface area contributed by atoms with Crippen molar-refractivity contribution in [1.82, 2.24) is 0 Å². The second-order valence-electron chi connectivity index (χ2n) is 2.08. The summed E-state index contributed by atoms with van der Waals surface area (Å²) in [7, 11) is 0. The number of ether oxygens (including phenoxy) is 1. The van der Waals surface area contributed by atoms with Crippen LogP contribution >= 0.6 is 0 Å². The van der Waals surface area contributed by atoms with E-state index in [9.17, 15) is 4.79 Å². The molecule has 10 heavy (non-hydrogen) atoms. The molecule has 0 aliphatic carbocycles. The first-order chi connectivity index (χ1) is 4.77. The van der Waals surface area contributed by atoms with E-state index in [-0.39, 0.29) is 6.10 Å². The van der Waals surface area contributed by atoms with Gasteiger partial charge in [0.15, 0.2) is 0 Å². The normalized spacial score (nSPS) is 8.70. The van der Waals surface area contributed by atoms with Gasteiger partial charge in [0.05, 0.1) is 12.5 Å². The molecule has 0 unspecified atom stereocenters. The zero-order chi connectivity index (χ0) is 7.82. The highest BCUT2D eigenvalue weighted by Crippen LogP contribution is 1.84. The van der Waals surface area contributed by atoms with E-state index in [4.69, 9.17) is 4.74 Å². The molecular weight excluding hydrogens is 128 g/mol. The van der Waals surface area contributed by atoms with E-state index in [0.29, 0.717) is 13.0 Å². The van der Waals surface area contributed by atoms with Crippen LogP contribution in [-0.4, -0.2) is 19.0 Å². The number of hydrogen-bond acceptors (Lipinski definition) is 2. The van der Waals surface area contributed by atoms with Gasteiger partial charge in [0, 0.05) is 0 Å². The first kappa shape index (κ1) is 9.19. The molecule has 0 aromatic rings. The van der Waals surface area contributed by atoms with Crippen LogP contribution in [0.4, 0.5) is 0 Å². The van der Waals surface area contributed by atoms with Crippen molar-refractivity contribution in [3.8, 4) is 11.8 Å². The average Bonchev–Trinajstić information content (AvgIpc) is 1.87. The lowest BCUT2D eigenvalue weighted by atomic mass is 10.4. The molecule has 0 spiro atoms. The lowest BCUT2D eigenvalue weighted by Gasteiger charge is -2.00. The third-order valence-electron chi connectivity index (χ3n) is 0.799. The Bertz CT molecular complexity index is 139. The third kappa shape index (κ3) is 7.19. The quantitative estimate of drug-likeness (QED) is 0.432. The minimum Gasteiger partial charge on any atom is -0.366 e. The van der Waals surface area contributed by atoms with Gasteiger partial charge in [0.25, 0.3) is 0 Å². The van der Waals surface area contributed by atoms with Gasteiger partial charge in [-0.2, -0.15) is 0 Å². The van der Waals surface area contributed by atoms with Gasteiger partial charge in [-0.25, -0.2) is 0 Å². The molecule has 0 aliphatic rings. The van der Waals surface area contributed by atoms with E-state index >= 15 is 0 Å². The van der Waals surface area contributed by atoms with Gasteiger partial charge in [-0.15, -0.1) is 0 Å². The standard InChI is InChI=1S/C8H12O2/c1-8(2)10-7-5-3-4-6-9/h6,8H,4,7H2,1-2H3. The number of aldehydes is 1. The van der Waals surface area contributed by atoms with E-state index in [0.717, 1.165) is 6.29 Å². The molecular formula is C8H12O2. The Hall–Kier alpha value is -0.810. The van der Waals surface area contributed by atoms with Crippen LogP contribution in [0, 0.1) is 11.8 Å². The molecule has 0 aliphatic heterocycles. The van der Waals surface area contributed by atoms with E-state index in [1.807, 2.05) is 13.8 Å². The van der Waals surface area contributed by atoms with Crippen LogP contribution in [0.2, 0.25) is 0 Å². The van der Waals surface area contributed by atoms with Crippen LogP contribution in [0.5, 0.6) is 0 Å². The van der Waals surface area contributed by atoms with Crippen molar-refractivity contribution in [2.24, 2.45) is 0 Å². The van der Waals surface area contributed by atoms with Gasteiger partial charge in [-0.3, -0.25) is 0 Å². The van der Waals surface area contributed by atoms with E-state index in [1.165, 1.54) is 0 Å². The summed E-state index contributed by atoms with van der Waals surface area (Å²) >= 11 is 0. The first-order valence-electron chi connectivity index (χ1n) is 3.28. The van der Waals surface area contributed by atoms with Crippen molar-refractivity contribution in [2.75, 3.05) is 6.61 Å². The van der Waals surface area contributed by atoms with Crippen molar-refractivity contribution in [2.45, 2.75) is 26.4 Å². The molecule has 0 heterocycles. The molecule has 0 saturated carbocycles. The van der Waals surface area contributed by atoms with Gasteiger partial charge in [-0.05, 0) is 13.8 Å². The molecule has 0 rings (SSSR count). The minimum absolute atomic E-state index is 0.213. The summed E-state index contributed by atoms with van der Waals surface area (Å²) in [4.78, 5) is 9.76. The van der Waals surface area contributed by atoms with Crippen molar-refractivity contribution in [1.29, 1.82) is 0 Å². The van der Waals surface area contributed by atoms with Crippen molar-refractivity contribution in [3.63, 3.8) is 0 Å². The monoisotopic (exact) mass is 140 g/mol. The molecule has 56 valence electrons. The molecule has 0 saturated heterocycles. The topological polar surface area (TPSA) is 26.3 Å². The molecule has 2 nitrogen and oxygen atoms in total. The largest absolute Gasteiger partial charge is 0.366 e. The fraction of sp³-hybridized carbons (Fsp3) is 0.625. The Labute approximate surface area is 61.6 Å². The van der Waals surface area contributed by atoms with E-state index in [2.05, 4.69) is 11.8 Å². The fourth-order valence-electron chi connectivity index (χ4n) is 0.373. The number of hydrogen-bond donors (Lipinski definition) is 0. The zero-order valence-corrected chi connectivity index (χ0v) is 6.39. The number of rotatable bonds is 3. The maximum Gasteiger partial charge on any atom is 0.131 e. The second-order valence-corrected chi connectivity index (χ2v) is 2.08. The van der Waals surface area contributed by atoms with Crippen LogP contribution < -0.4 is 0 Å². The van der Waals surface area contributed by atoms with E-state index in [1.54, 1.807) is 0 Å². The molecule has 2 heteroatoms.